The van der Waals surface area contributed by atoms with Gasteiger partial charge in [0, 0.05) is 26.5 Å². The van der Waals surface area contributed by atoms with Crippen molar-refractivity contribution in [3.8, 4) is 0 Å². The zero-order chi connectivity index (χ0) is 15.5. The van der Waals surface area contributed by atoms with E-state index in [4.69, 9.17) is 0 Å². The van der Waals surface area contributed by atoms with E-state index in [2.05, 4.69) is 62.1 Å². The van der Waals surface area contributed by atoms with Crippen LogP contribution in [0.25, 0.3) is 0 Å². The van der Waals surface area contributed by atoms with E-state index in [0.29, 0.717) is 0 Å². The molecule has 0 radical (unpaired) electrons. The zero-order valence-electron chi connectivity index (χ0n) is 14.2. The van der Waals surface area contributed by atoms with Crippen LogP contribution in [0.4, 0.5) is 0 Å². The molecule has 0 fully saturated rings. The van der Waals surface area contributed by atoms with Gasteiger partial charge < -0.3 is 0 Å². The first-order valence-electron chi connectivity index (χ1n) is 8.19. The molecular formula is C19H30NSi+. The van der Waals surface area contributed by atoms with Crippen LogP contribution in [0.3, 0.4) is 0 Å². The maximum Gasteiger partial charge on any atom is 0.183 e. The smallest absolute Gasteiger partial charge is 0.183 e. The third-order valence-corrected chi connectivity index (χ3v) is 5.79. The molecule has 1 aliphatic rings. The van der Waals surface area contributed by atoms with Crippen molar-refractivity contribution in [3.05, 3.63) is 47.5 Å². The normalized spacial score (nSPS) is 15.0. The number of fused-ring (bicyclic) bond motifs is 1. The Morgan fingerprint density at radius 1 is 1.24 bits per heavy atom. The van der Waals surface area contributed by atoms with Crippen molar-refractivity contribution in [3.63, 3.8) is 0 Å². The molecule has 1 aromatic rings. The molecule has 114 valence electrons. The Labute approximate surface area is 131 Å². The molecule has 0 amide bonds. The fourth-order valence-corrected chi connectivity index (χ4v) is 5.00. The van der Waals surface area contributed by atoms with Gasteiger partial charge in [0.1, 0.15) is 13.6 Å². The minimum absolute atomic E-state index is 0.998. The van der Waals surface area contributed by atoms with Crippen LogP contribution in [0.5, 0.6) is 0 Å². The molecule has 1 aliphatic heterocycles. The second-order valence-corrected chi connectivity index (χ2v) is 13.1. The topological polar surface area (TPSA) is 3.01 Å². The summed E-state index contributed by atoms with van der Waals surface area (Å²) in [7, 11) is 1.24. The molecule has 0 N–H and O–H groups in total. The predicted molar refractivity (Wildman–Crippen MR) is 96.5 cm³/mol. The summed E-state index contributed by atoms with van der Waals surface area (Å²) in [6.45, 7) is 12.7. The van der Waals surface area contributed by atoms with Crippen LogP contribution in [0, 0.1) is 0 Å². The van der Waals surface area contributed by atoms with Crippen LogP contribution >= 0.6 is 0 Å². The van der Waals surface area contributed by atoms with Crippen LogP contribution in [-0.4, -0.2) is 32.0 Å². The van der Waals surface area contributed by atoms with E-state index in [9.17, 15) is 0 Å². The number of hydrogen-bond donors (Lipinski definition) is 0. The molecule has 0 saturated carbocycles. The van der Waals surface area contributed by atoms with Gasteiger partial charge in [0.05, 0.1) is 0 Å². The molecule has 1 heterocycles. The Morgan fingerprint density at radius 3 is 2.67 bits per heavy atom. The van der Waals surface area contributed by atoms with E-state index in [0.717, 1.165) is 6.54 Å². The monoisotopic (exact) mass is 300 g/mol. The van der Waals surface area contributed by atoms with E-state index < -0.39 is 8.07 Å². The summed E-state index contributed by atoms with van der Waals surface area (Å²) in [5, 5.41) is 0. The quantitative estimate of drug-likeness (QED) is 0.405. The first-order chi connectivity index (χ1) is 9.87. The zero-order valence-corrected chi connectivity index (χ0v) is 15.2. The standard InChI is InChI=1S/C19H30NSi/c1-16(15-21(3,4)5)9-8-12-19-18-11-7-6-10-17(18)13-14-20(19)2/h6-7,10-11H,1,8-9,12-15H2,2-5H3/q+1. The van der Waals surface area contributed by atoms with Gasteiger partial charge in [-0.3, -0.25) is 0 Å². The van der Waals surface area contributed by atoms with Gasteiger partial charge >= 0.3 is 0 Å². The van der Waals surface area contributed by atoms with Gasteiger partial charge in [-0.2, -0.15) is 0 Å². The molecule has 0 spiro atoms. The molecule has 2 heteroatoms. The molecule has 0 bridgehead atoms. The van der Waals surface area contributed by atoms with Gasteiger partial charge in [-0.15, -0.1) is 6.58 Å². The highest BCUT2D eigenvalue weighted by Crippen LogP contribution is 2.22. The SMILES string of the molecule is C=C(CCCC1=[N+](C)CCc2ccccc21)C[Si](C)(C)C. The fourth-order valence-electron chi connectivity index (χ4n) is 3.32. The lowest BCUT2D eigenvalue weighted by Crippen LogP contribution is -2.27. The first-order valence-corrected chi connectivity index (χ1v) is 11.9. The van der Waals surface area contributed by atoms with E-state index in [1.54, 1.807) is 0 Å². The predicted octanol–water partition coefficient (Wildman–Crippen LogP) is 4.74. The van der Waals surface area contributed by atoms with Gasteiger partial charge in [0.2, 0.25) is 0 Å². The highest BCUT2D eigenvalue weighted by atomic mass is 28.3. The lowest BCUT2D eigenvalue weighted by molar-refractivity contribution is -0.499. The Balaban J connectivity index is 1.95. The lowest BCUT2D eigenvalue weighted by atomic mass is 9.93. The van der Waals surface area contributed by atoms with Crippen molar-refractivity contribution < 1.29 is 4.58 Å². The molecule has 21 heavy (non-hydrogen) atoms. The van der Waals surface area contributed by atoms with Crippen LogP contribution in [-0.2, 0) is 6.42 Å². The van der Waals surface area contributed by atoms with Crippen molar-refractivity contribution >= 4 is 13.8 Å². The van der Waals surface area contributed by atoms with Crippen molar-refractivity contribution in [2.24, 2.45) is 0 Å². The second kappa shape index (κ2) is 6.74. The summed E-state index contributed by atoms with van der Waals surface area (Å²) in [5.41, 5.74) is 5.98. The Kier molecular flexibility index (Phi) is 5.21. The lowest BCUT2D eigenvalue weighted by Gasteiger charge is -2.18. The van der Waals surface area contributed by atoms with Gasteiger partial charge in [-0.25, -0.2) is 4.58 Å². The van der Waals surface area contributed by atoms with Crippen LogP contribution in [0.15, 0.2) is 36.4 Å². The summed E-state index contributed by atoms with van der Waals surface area (Å²) < 4.78 is 2.45. The van der Waals surface area contributed by atoms with E-state index in [-0.39, 0.29) is 0 Å². The molecule has 1 nitrogen and oxygen atoms in total. The molecular weight excluding hydrogens is 270 g/mol. The number of nitrogens with zero attached hydrogens (tertiary/aromatic N) is 1. The molecule has 0 saturated heterocycles. The number of hydrogen-bond acceptors (Lipinski definition) is 0. The Bertz CT molecular complexity index is 549. The number of likely N-dealkylation sites (N-methyl/N-ethyl adjacent to an activating group) is 1. The summed E-state index contributed by atoms with van der Waals surface area (Å²) >= 11 is 0. The summed E-state index contributed by atoms with van der Waals surface area (Å²) in [4.78, 5) is 0. The average Bonchev–Trinajstić information content (AvgIpc) is 2.39. The third kappa shape index (κ3) is 4.67. The van der Waals surface area contributed by atoms with Crippen LogP contribution < -0.4 is 0 Å². The second-order valence-electron chi connectivity index (χ2n) is 7.62. The maximum absolute atomic E-state index is 4.30. The van der Waals surface area contributed by atoms with E-state index in [1.165, 1.54) is 54.1 Å². The van der Waals surface area contributed by atoms with E-state index in [1.807, 2.05) is 0 Å². The van der Waals surface area contributed by atoms with Gasteiger partial charge in [-0.1, -0.05) is 43.4 Å². The van der Waals surface area contributed by atoms with Crippen molar-refractivity contribution in [1.29, 1.82) is 0 Å². The Hall–Kier alpha value is -1.15. The van der Waals surface area contributed by atoms with E-state index >= 15 is 0 Å². The third-order valence-electron chi connectivity index (χ3n) is 4.23. The molecule has 0 atom stereocenters. The minimum Gasteiger partial charge on any atom is -0.235 e. The van der Waals surface area contributed by atoms with Crippen molar-refractivity contribution in [1.82, 2.24) is 0 Å². The highest BCUT2D eigenvalue weighted by Gasteiger charge is 2.22. The highest BCUT2D eigenvalue weighted by molar-refractivity contribution is 6.76. The summed E-state index contributed by atoms with van der Waals surface area (Å²) in [6, 6.07) is 10.2. The summed E-state index contributed by atoms with van der Waals surface area (Å²) in [5.74, 6) is 0. The molecule has 0 aliphatic carbocycles. The van der Waals surface area contributed by atoms with Gasteiger partial charge in [0.25, 0.3) is 0 Å². The maximum atomic E-state index is 4.30. The fraction of sp³-hybridized carbons (Fsp3) is 0.526. The van der Waals surface area contributed by atoms with Crippen LogP contribution in [0.2, 0.25) is 25.7 Å². The first kappa shape index (κ1) is 16.2. The molecule has 1 aromatic carbocycles. The molecule has 0 aromatic heterocycles. The van der Waals surface area contributed by atoms with Crippen molar-refractivity contribution in [2.45, 2.75) is 51.4 Å². The van der Waals surface area contributed by atoms with Gasteiger partial charge in [-0.05, 0) is 30.5 Å². The number of rotatable bonds is 6. The Morgan fingerprint density at radius 2 is 1.95 bits per heavy atom. The van der Waals surface area contributed by atoms with Crippen LogP contribution in [0.1, 0.15) is 30.4 Å². The average molecular weight is 301 g/mol. The molecule has 2 rings (SSSR count). The largest absolute Gasteiger partial charge is 0.235 e. The molecule has 0 unspecified atom stereocenters. The number of allylic oxidation sites excluding steroid dienone is 1. The van der Waals surface area contributed by atoms with Gasteiger partial charge in [0.15, 0.2) is 5.71 Å². The minimum atomic E-state index is -0.998. The number of benzene rings is 1. The summed E-state index contributed by atoms with van der Waals surface area (Å²) in [6.07, 6.45) is 4.78. The van der Waals surface area contributed by atoms with Crippen molar-refractivity contribution in [2.75, 3.05) is 13.6 Å².